The van der Waals surface area contributed by atoms with E-state index in [-0.39, 0.29) is 23.5 Å². The topological polar surface area (TPSA) is 129 Å². The lowest BCUT2D eigenvalue weighted by molar-refractivity contribution is -0.384. The highest BCUT2D eigenvalue weighted by Crippen LogP contribution is 2.13. The maximum atomic E-state index is 11.6. The molecule has 0 aromatic heterocycles. The number of carbonyl (C=O) groups is 2. The van der Waals surface area contributed by atoms with Crippen molar-refractivity contribution in [3.63, 3.8) is 0 Å². The molecule has 0 aliphatic rings. The van der Waals surface area contributed by atoms with E-state index in [2.05, 4.69) is 0 Å². The first-order valence-corrected chi connectivity index (χ1v) is 4.74. The van der Waals surface area contributed by atoms with Gasteiger partial charge in [-0.1, -0.05) is 0 Å². The van der Waals surface area contributed by atoms with Crippen LogP contribution in [0.3, 0.4) is 0 Å². The zero-order valence-corrected chi connectivity index (χ0v) is 8.83. The number of hydrogen-bond donors (Lipinski definition) is 2. The summed E-state index contributed by atoms with van der Waals surface area (Å²) in [7, 11) is 0. The summed E-state index contributed by atoms with van der Waals surface area (Å²) in [6.45, 7) is 0. The van der Waals surface area contributed by atoms with Crippen molar-refractivity contribution < 1.29 is 14.5 Å². The van der Waals surface area contributed by atoms with Gasteiger partial charge in [-0.3, -0.25) is 19.7 Å². The van der Waals surface area contributed by atoms with Gasteiger partial charge < -0.3 is 11.5 Å². The van der Waals surface area contributed by atoms with Gasteiger partial charge in [0.1, 0.15) is 0 Å². The zero-order valence-electron chi connectivity index (χ0n) is 8.83. The maximum Gasteiger partial charge on any atom is 0.269 e. The molecule has 0 aliphatic heterocycles. The van der Waals surface area contributed by atoms with Gasteiger partial charge in [0.15, 0.2) is 5.78 Å². The fraction of sp³-hybridized carbons (Fsp3) is 0.200. The van der Waals surface area contributed by atoms with Crippen LogP contribution in [0.2, 0.25) is 0 Å². The summed E-state index contributed by atoms with van der Waals surface area (Å²) in [6.07, 6.45) is -0.215. The number of primary amides is 1. The molecule has 0 fully saturated rings. The normalized spacial score (nSPS) is 11.8. The monoisotopic (exact) mass is 237 g/mol. The molecule has 0 bridgehead atoms. The van der Waals surface area contributed by atoms with Gasteiger partial charge >= 0.3 is 0 Å². The summed E-state index contributed by atoms with van der Waals surface area (Å²) in [5.41, 5.74) is 10.4. The van der Waals surface area contributed by atoms with Crippen molar-refractivity contribution in [1.29, 1.82) is 0 Å². The Morgan fingerprint density at radius 1 is 1.29 bits per heavy atom. The second kappa shape index (κ2) is 5.17. The molecule has 0 radical (unpaired) electrons. The maximum absolute atomic E-state index is 11.6. The van der Waals surface area contributed by atoms with Crippen molar-refractivity contribution in [3.05, 3.63) is 39.9 Å². The first kappa shape index (κ1) is 12.8. The Bertz CT molecular complexity index is 455. The van der Waals surface area contributed by atoms with Crippen LogP contribution in [0.5, 0.6) is 0 Å². The standard InChI is InChI=1S/C10H11N3O4/c11-8(10(12)15)5-9(14)6-1-3-7(4-2-6)13(16)17/h1-4,8H,5,11H2,(H2,12,15). The quantitative estimate of drug-likeness (QED) is 0.422. The van der Waals surface area contributed by atoms with E-state index in [0.717, 1.165) is 0 Å². The minimum Gasteiger partial charge on any atom is -0.368 e. The van der Waals surface area contributed by atoms with Crippen molar-refractivity contribution in [2.24, 2.45) is 11.5 Å². The summed E-state index contributed by atoms with van der Waals surface area (Å²) >= 11 is 0. The zero-order chi connectivity index (χ0) is 13.0. The predicted molar refractivity (Wildman–Crippen MR) is 59.2 cm³/mol. The van der Waals surface area contributed by atoms with E-state index >= 15 is 0 Å². The number of benzene rings is 1. The smallest absolute Gasteiger partial charge is 0.269 e. The van der Waals surface area contributed by atoms with Gasteiger partial charge in [-0.05, 0) is 12.1 Å². The predicted octanol–water partition coefficient (Wildman–Crippen LogP) is -0.0198. The second-order valence-corrected chi connectivity index (χ2v) is 3.44. The van der Waals surface area contributed by atoms with Crippen LogP contribution in [0.25, 0.3) is 0 Å². The Balaban J connectivity index is 2.77. The number of nitro benzene ring substituents is 1. The molecule has 90 valence electrons. The first-order valence-electron chi connectivity index (χ1n) is 4.74. The molecule has 7 nitrogen and oxygen atoms in total. The second-order valence-electron chi connectivity index (χ2n) is 3.44. The van der Waals surface area contributed by atoms with E-state index in [1.165, 1.54) is 24.3 Å². The number of ketones is 1. The summed E-state index contributed by atoms with van der Waals surface area (Å²) in [6, 6.07) is 4.01. The van der Waals surface area contributed by atoms with Crippen LogP contribution < -0.4 is 11.5 Å². The van der Waals surface area contributed by atoms with E-state index in [4.69, 9.17) is 11.5 Å². The van der Waals surface area contributed by atoms with E-state index in [0.29, 0.717) is 0 Å². The third-order valence-electron chi connectivity index (χ3n) is 2.17. The summed E-state index contributed by atoms with van der Waals surface area (Å²) in [5.74, 6) is -1.15. The Morgan fingerprint density at radius 2 is 1.82 bits per heavy atom. The molecule has 1 aromatic rings. The summed E-state index contributed by atoms with van der Waals surface area (Å²) in [5, 5.41) is 10.4. The van der Waals surface area contributed by atoms with Gasteiger partial charge in [-0.2, -0.15) is 0 Å². The lowest BCUT2D eigenvalue weighted by Gasteiger charge is -2.05. The fourth-order valence-electron chi connectivity index (χ4n) is 1.19. The molecule has 17 heavy (non-hydrogen) atoms. The molecule has 7 heteroatoms. The number of nitro groups is 1. The van der Waals surface area contributed by atoms with E-state index < -0.39 is 16.9 Å². The molecule has 0 aliphatic carbocycles. The minimum absolute atomic E-state index is 0.110. The molecule has 1 amide bonds. The van der Waals surface area contributed by atoms with Crippen LogP contribution in [-0.2, 0) is 4.79 Å². The number of carbonyl (C=O) groups excluding carboxylic acids is 2. The lowest BCUT2D eigenvalue weighted by atomic mass is 10.0. The molecule has 1 aromatic carbocycles. The molecular formula is C10H11N3O4. The van der Waals surface area contributed by atoms with Gasteiger partial charge in [0.05, 0.1) is 11.0 Å². The van der Waals surface area contributed by atoms with Crippen LogP contribution in [0.1, 0.15) is 16.8 Å². The van der Waals surface area contributed by atoms with Crippen LogP contribution in [-0.4, -0.2) is 22.7 Å². The number of non-ortho nitro benzene ring substituents is 1. The van der Waals surface area contributed by atoms with Gasteiger partial charge in [-0.15, -0.1) is 0 Å². The molecule has 1 unspecified atom stereocenters. The van der Waals surface area contributed by atoms with Crippen LogP contribution in [0.4, 0.5) is 5.69 Å². The van der Waals surface area contributed by atoms with Crippen molar-refractivity contribution >= 4 is 17.4 Å². The molecular weight excluding hydrogens is 226 g/mol. The summed E-state index contributed by atoms with van der Waals surface area (Å²) < 4.78 is 0. The lowest BCUT2D eigenvalue weighted by Crippen LogP contribution is -2.38. The number of rotatable bonds is 5. The molecule has 0 heterocycles. The number of amides is 1. The SMILES string of the molecule is NC(=O)C(N)CC(=O)c1ccc([N+](=O)[O-])cc1. The molecule has 0 saturated heterocycles. The van der Waals surface area contributed by atoms with Crippen molar-refractivity contribution in [2.75, 3.05) is 0 Å². The Hall–Kier alpha value is -2.28. The highest BCUT2D eigenvalue weighted by atomic mass is 16.6. The van der Waals surface area contributed by atoms with Crippen LogP contribution in [0, 0.1) is 10.1 Å². The molecule has 1 rings (SSSR count). The third-order valence-corrected chi connectivity index (χ3v) is 2.17. The van der Waals surface area contributed by atoms with Crippen LogP contribution in [0.15, 0.2) is 24.3 Å². The first-order chi connectivity index (χ1) is 7.91. The number of hydrogen-bond acceptors (Lipinski definition) is 5. The largest absolute Gasteiger partial charge is 0.368 e. The minimum atomic E-state index is -1.04. The molecule has 4 N–H and O–H groups in total. The fourth-order valence-corrected chi connectivity index (χ4v) is 1.19. The van der Waals surface area contributed by atoms with E-state index in [9.17, 15) is 19.7 Å². The third kappa shape index (κ3) is 3.35. The van der Waals surface area contributed by atoms with Crippen LogP contribution >= 0.6 is 0 Å². The van der Waals surface area contributed by atoms with Gasteiger partial charge in [0, 0.05) is 24.1 Å². The highest BCUT2D eigenvalue weighted by molar-refractivity contribution is 5.99. The number of Topliss-reactive ketones (excluding diaryl/α,β-unsaturated/α-hetero) is 1. The molecule has 0 spiro atoms. The Labute approximate surface area is 96.5 Å². The Morgan fingerprint density at radius 3 is 2.24 bits per heavy atom. The van der Waals surface area contributed by atoms with Crippen molar-refractivity contribution in [1.82, 2.24) is 0 Å². The molecule has 0 saturated carbocycles. The van der Waals surface area contributed by atoms with Gasteiger partial charge in [0.2, 0.25) is 5.91 Å². The average Bonchev–Trinajstić information content (AvgIpc) is 2.28. The van der Waals surface area contributed by atoms with E-state index in [1.54, 1.807) is 0 Å². The van der Waals surface area contributed by atoms with Crippen molar-refractivity contribution in [3.8, 4) is 0 Å². The number of nitrogens with two attached hydrogens (primary N) is 2. The Kier molecular flexibility index (Phi) is 3.89. The summed E-state index contributed by atoms with van der Waals surface area (Å²) in [4.78, 5) is 32.1. The average molecular weight is 237 g/mol. The number of nitrogens with zero attached hydrogens (tertiary/aromatic N) is 1. The van der Waals surface area contributed by atoms with Crippen molar-refractivity contribution in [2.45, 2.75) is 12.5 Å². The van der Waals surface area contributed by atoms with Gasteiger partial charge in [0.25, 0.3) is 5.69 Å². The highest BCUT2D eigenvalue weighted by Gasteiger charge is 2.16. The van der Waals surface area contributed by atoms with Gasteiger partial charge in [-0.25, -0.2) is 0 Å². The molecule has 1 atom stereocenters. The van der Waals surface area contributed by atoms with E-state index in [1.807, 2.05) is 0 Å².